The van der Waals surface area contributed by atoms with Crippen LogP contribution in [0, 0.1) is 0 Å². The molecule has 0 aliphatic carbocycles. The van der Waals surface area contributed by atoms with Crippen LogP contribution in [0.25, 0.3) is 5.57 Å². The molecule has 0 saturated heterocycles. The van der Waals surface area contributed by atoms with Gasteiger partial charge in [0.15, 0.2) is 5.54 Å². The maximum Gasteiger partial charge on any atom is 0.422 e. The fourth-order valence-corrected chi connectivity index (χ4v) is 6.75. The Bertz CT molecular complexity index is 1730. The molecule has 5 rings (SSSR count). The summed E-state index contributed by atoms with van der Waals surface area (Å²) in [7, 11) is 0. The molecule has 0 fully saturated rings. The molecular weight excluding hydrogens is 663 g/mol. The third kappa shape index (κ3) is 5.70. The van der Waals surface area contributed by atoms with E-state index in [1.807, 2.05) is 0 Å². The van der Waals surface area contributed by atoms with E-state index in [4.69, 9.17) is 39.5 Å². The Morgan fingerprint density at radius 2 is 1.66 bits per heavy atom. The van der Waals surface area contributed by atoms with Crippen molar-refractivity contribution in [2.45, 2.75) is 30.7 Å². The van der Waals surface area contributed by atoms with Crippen LogP contribution in [-0.2, 0) is 11.1 Å². The zero-order chi connectivity index (χ0) is 31.7. The summed E-state index contributed by atoms with van der Waals surface area (Å²) in [6.45, 7) is 1.75. The van der Waals surface area contributed by atoms with Crippen molar-refractivity contribution >= 4 is 51.7 Å². The lowest BCUT2D eigenvalue weighted by molar-refractivity contribution is -0.0717. The van der Waals surface area contributed by atoms with Crippen molar-refractivity contribution in [2.75, 3.05) is 0 Å². The highest BCUT2D eigenvalue weighted by Crippen LogP contribution is 2.52. The lowest BCUT2D eigenvalue weighted by Crippen LogP contribution is -2.55. The average Bonchev–Trinajstić information content (AvgIpc) is 3.71. The first-order valence-corrected chi connectivity index (χ1v) is 14.9. The molecule has 44 heavy (non-hydrogen) atoms. The van der Waals surface area contributed by atoms with Crippen LogP contribution in [0.15, 0.2) is 97.0 Å². The van der Waals surface area contributed by atoms with E-state index >= 15 is 4.39 Å². The molecule has 2 atom stereocenters. The van der Waals surface area contributed by atoms with E-state index in [2.05, 4.69) is 15.1 Å². The SMILES string of the molecule is CCC(O)(c1ccc(Cl)cc1Cl)C(c1ccc(OC(F)=C(c2ccc(Cl)cc2)C(F)(F)F)cc1)(c1nccs1)n1cncn1. The fourth-order valence-electron chi connectivity index (χ4n) is 5.13. The monoisotopic (exact) mass is 682 g/mol. The first-order chi connectivity index (χ1) is 20.9. The summed E-state index contributed by atoms with van der Waals surface area (Å²) in [5, 5.41) is 19.9. The summed E-state index contributed by atoms with van der Waals surface area (Å²) in [6, 6.07) is 12.9. The molecule has 0 aliphatic heterocycles. The van der Waals surface area contributed by atoms with E-state index < -0.39 is 34.5 Å². The molecule has 228 valence electrons. The number of benzene rings is 3. The van der Waals surface area contributed by atoms with Gasteiger partial charge in [0.2, 0.25) is 0 Å². The Labute approximate surface area is 268 Å². The number of nitrogens with zero attached hydrogens (tertiary/aromatic N) is 4. The van der Waals surface area contributed by atoms with Crippen molar-refractivity contribution in [1.29, 1.82) is 0 Å². The standard InChI is InChI=1S/C30H21Cl3F4N4O2S/c1-2-28(42,23-12-9-21(32)15-24(23)33)29(27-39-13-14-44-27,41-17-38-16-40-41)19-5-10-22(11-6-19)43-26(34)25(30(35,36)37)18-3-7-20(31)8-4-18/h3-17,42H,2H2,1H3. The second-order valence-corrected chi connectivity index (χ2v) is 11.7. The number of allylic oxidation sites excluding steroid dienone is 1. The van der Waals surface area contributed by atoms with Gasteiger partial charge in [0, 0.05) is 32.2 Å². The van der Waals surface area contributed by atoms with Crippen LogP contribution in [0.5, 0.6) is 5.75 Å². The van der Waals surface area contributed by atoms with Crippen LogP contribution in [-0.4, -0.2) is 31.0 Å². The van der Waals surface area contributed by atoms with E-state index in [1.165, 1.54) is 71.1 Å². The first-order valence-electron chi connectivity index (χ1n) is 12.9. The maximum absolute atomic E-state index is 15.2. The molecule has 0 spiro atoms. The molecule has 3 aromatic carbocycles. The van der Waals surface area contributed by atoms with Gasteiger partial charge in [-0.05, 0) is 53.9 Å². The van der Waals surface area contributed by atoms with Gasteiger partial charge in [0.05, 0.1) is 0 Å². The maximum atomic E-state index is 15.2. The second-order valence-electron chi connectivity index (χ2n) is 9.51. The van der Waals surface area contributed by atoms with Crippen molar-refractivity contribution in [3.05, 3.63) is 134 Å². The molecule has 6 nitrogen and oxygen atoms in total. The zero-order valence-corrected chi connectivity index (χ0v) is 25.6. The van der Waals surface area contributed by atoms with Gasteiger partial charge < -0.3 is 9.84 Å². The predicted octanol–water partition coefficient (Wildman–Crippen LogP) is 9.06. The smallest absolute Gasteiger partial charge is 0.422 e. The van der Waals surface area contributed by atoms with Gasteiger partial charge in [0.1, 0.15) is 34.6 Å². The van der Waals surface area contributed by atoms with Gasteiger partial charge in [-0.1, -0.05) is 72.1 Å². The molecule has 0 amide bonds. The Hall–Kier alpha value is -3.48. The van der Waals surface area contributed by atoms with E-state index in [9.17, 15) is 18.3 Å². The average molecular weight is 684 g/mol. The Kier molecular flexibility index (Phi) is 9.06. The number of halogens is 7. The molecule has 2 heterocycles. The van der Waals surface area contributed by atoms with Crippen LogP contribution >= 0.6 is 46.1 Å². The van der Waals surface area contributed by atoms with Gasteiger partial charge in [-0.25, -0.2) is 14.6 Å². The largest absolute Gasteiger partial charge is 0.431 e. The summed E-state index contributed by atoms with van der Waals surface area (Å²) in [4.78, 5) is 8.64. The molecule has 2 aromatic heterocycles. The number of hydrogen-bond donors (Lipinski definition) is 1. The molecule has 14 heteroatoms. The van der Waals surface area contributed by atoms with E-state index in [0.29, 0.717) is 21.2 Å². The summed E-state index contributed by atoms with van der Waals surface area (Å²) < 4.78 is 63.4. The highest BCUT2D eigenvalue weighted by atomic mass is 35.5. The van der Waals surface area contributed by atoms with Crippen LogP contribution in [0.3, 0.4) is 0 Å². The Morgan fingerprint density at radius 1 is 0.977 bits per heavy atom. The molecule has 0 bridgehead atoms. The fraction of sp³-hybridized carbons (Fsp3) is 0.167. The number of hydrogen-bond acceptors (Lipinski definition) is 6. The van der Waals surface area contributed by atoms with Crippen molar-refractivity contribution in [2.24, 2.45) is 0 Å². The van der Waals surface area contributed by atoms with Gasteiger partial charge in [-0.15, -0.1) is 11.3 Å². The van der Waals surface area contributed by atoms with E-state index in [0.717, 1.165) is 12.1 Å². The Morgan fingerprint density at radius 3 is 2.20 bits per heavy atom. The minimum atomic E-state index is -5.07. The molecule has 5 aromatic rings. The van der Waals surface area contributed by atoms with Crippen molar-refractivity contribution in [3.8, 4) is 5.75 Å². The van der Waals surface area contributed by atoms with E-state index in [1.54, 1.807) is 30.6 Å². The normalized spacial score (nSPS) is 15.3. The number of ether oxygens (including phenoxy) is 1. The number of aliphatic hydroxyl groups is 1. The molecule has 0 aliphatic rings. The highest BCUT2D eigenvalue weighted by Gasteiger charge is 2.58. The molecule has 1 N–H and O–H groups in total. The number of thiazole rings is 1. The number of rotatable bonds is 9. The van der Waals surface area contributed by atoms with E-state index in [-0.39, 0.29) is 22.2 Å². The zero-order valence-electron chi connectivity index (χ0n) is 22.6. The molecule has 0 radical (unpaired) electrons. The van der Waals surface area contributed by atoms with Crippen LogP contribution in [0.2, 0.25) is 15.1 Å². The van der Waals surface area contributed by atoms with Gasteiger partial charge in [-0.2, -0.15) is 22.7 Å². The number of aromatic nitrogens is 4. The molecular formula is C30H21Cl3F4N4O2S. The topological polar surface area (TPSA) is 73.1 Å². The minimum absolute atomic E-state index is 0.0828. The first kappa shape index (κ1) is 31.9. The lowest BCUT2D eigenvalue weighted by atomic mass is 9.69. The highest BCUT2D eigenvalue weighted by molar-refractivity contribution is 7.09. The van der Waals surface area contributed by atoms with Crippen LogP contribution in [0.1, 0.15) is 35.0 Å². The van der Waals surface area contributed by atoms with Crippen LogP contribution < -0.4 is 4.74 Å². The molecule has 0 saturated carbocycles. The van der Waals surface area contributed by atoms with Crippen molar-refractivity contribution in [1.82, 2.24) is 19.7 Å². The quantitative estimate of drug-likeness (QED) is 0.124. The summed E-state index contributed by atoms with van der Waals surface area (Å²) in [6.07, 6.45) is -0.743. The number of alkyl halides is 3. The van der Waals surface area contributed by atoms with Crippen molar-refractivity contribution in [3.63, 3.8) is 0 Å². The minimum Gasteiger partial charge on any atom is -0.431 e. The van der Waals surface area contributed by atoms with Gasteiger partial charge in [0.25, 0.3) is 6.01 Å². The Balaban J connectivity index is 1.68. The second kappa shape index (κ2) is 12.5. The van der Waals surface area contributed by atoms with Crippen molar-refractivity contribution < 1.29 is 27.4 Å². The third-order valence-corrected chi connectivity index (χ3v) is 8.77. The summed E-state index contributed by atoms with van der Waals surface area (Å²) in [5.41, 5.74) is -4.83. The summed E-state index contributed by atoms with van der Waals surface area (Å²) >= 11 is 19.8. The molecule has 2 unspecified atom stereocenters. The lowest BCUT2D eigenvalue weighted by Gasteiger charge is -2.46. The third-order valence-electron chi connectivity index (χ3n) is 7.08. The predicted molar refractivity (Wildman–Crippen MR) is 162 cm³/mol. The van der Waals surface area contributed by atoms with Gasteiger partial charge >= 0.3 is 6.18 Å². The summed E-state index contributed by atoms with van der Waals surface area (Å²) in [5.74, 6) is -0.238. The van der Waals surface area contributed by atoms with Gasteiger partial charge in [-0.3, -0.25) is 0 Å². The van der Waals surface area contributed by atoms with Crippen LogP contribution in [0.4, 0.5) is 17.6 Å².